The van der Waals surface area contributed by atoms with Gasteiger partial charge in [-0.3, -0.25) is 4.79 Å². The van der Waals surface area contributed by atoms with Gasteiger partial charge in [0.15, 0.2) is 0 Å². The summed E-state index contributed by atoms with van der Waals surface area (Å²) in [5, 5.41) is 4.01. The van der Waals surface area contributed by atoms with Crippen molar-refractivity contribution in [1.82, 2.24) is 15.0 Å². The van der Waals surface area contributed by atoms with Crippen molar-refractivity contribution in [3.05, 3.63) is 71.9 Å². The maximum absolute atomic E-state index is 13.1. The number of rotatable bonds is 6. The van der Waals surface area contributed by atoms with E-state index in [1.165, 1.54) is 17.7 Å². The fraction of sp³-hybridized carbons (Fsp3) is 0.318. The Balaban J connectivity index is 1.39. The lowest BCUT2D eigenvalue weighted by Crippen LogP contribution is -2.30. The smallest absolute Gasteiger partial charge is 0.249 e. The molecule has 0 bridgehead atoms. The highest BCUT2D eigenvalue weighted by Crippen LogP contribution is 2.32. The van der Waals surface area contributed by atoms with E-state index >= 15 is 0 Å². The van der Waals surface area contributed by atoms with Gasteiger partial charge < -0.3 is 9.42 Å². The van der Waals surface area contributed by atoms with E-state index in [2.05, 4.69) is 22.3 Å². The van der Waals surface area contributed by atoms with E-state index in [-0.39, 0.29) is 17.8 Å². The molecule has 6 heteroatoms. The number of aryl methyl sites for hydroxylation is 1. The molecule has 0 N–H and O–H groups in total. The number of carbonyl (C=O) groups excluding carboxylic acids is 1. The van der Waals surface area contributed by atoms with Gasteiger partial charge in [-0.2, -0.15) is 4.98 Å². The number of carbonyl (C=O) groups is 1. The molecule has 3 aromatic rings. The Morgan fingerprint density at radius 2 is 1.93 bits per heavy atom. The largest absolute Gasteiger partial charge is 0.337 e. The van der Waals surface area contributed by atoms with Gasteiger partial charge in [-0.05, 0) is 55.5 Å². The highest BCUT2D eigenvalue weighted by Gasteiger charge is 2.33. The molecule has 4 rings (SSSR count). The van der Waals surface area contributed by atoms with Crippen LogP contribution in [0.25, 0.3) is 11.4 Å². The summed E-state index contributed by atoms with van der Waals surface area (Å²) in [6, 6.07) is 16.0. The molecule has 1 amide bonds. The Morgan fingerprint density at radius 1 is 1.14 bits per heavy atom. The Morgan fingerprint density at radius 3 is 2.71 bits per heavy atom. The normalized spacial score (nSPS) is 16.5. The zero-order valence-corrected chi connectivity index (χ0v) is 15.6. The fourth-order valence-corrected chi connectivity index (χ4v) is 3.64. The lowest BCUT2D eigenvalue weighted by atomic mass is 10.1. The molecular weight excluding hydrogens is 357 g/mol. The molecule has 1 fully saturated rings. The Labute approximate surface area is 163 Å². The van der Waals surface area contributed by atoms with Crippen LogP contribution in [0.5, 0.6) is 0 Å². The molecule has 5 nitrogen and oxygen atoms in total. The Hall–Kier alpha value is -3.02. The molecule has 144 valence electrons. The first kappa shape index (κ1) is 18.3. The van der Waals surface area contributed by atoms with E-state index in [0.717, 1.165) is 25.7 Å². The average Bonchev–Trinajstić information content (AvgIpc) is 3.39. The zero-order chi connectivity index (χ0) is 19.3. The minimum absolute atomic E-state index is 0.125. The first-order valence-electron chi connectivity index (χ1n) is 9.63. The number of likely N-dealkylation sites (tertiary alicyclic amines) is 1. The minimum atomic E-state index is -0.310. The molecule has 2 heterocycles. The van der Waals surface area contributed by atoms with Crippen LogP contribution in [0.3, 0.4) is 0 Å². The van der Waals surface area contributed by atoms with Crippen molar-refractivity contribution < 1.29 is 13.7 Å². The average molecular weight is 379 g/mol. The summed E-state index contributed by atoms with van der Waals surface area (Å²) >= 11 is 0. The van der Waals surface area contributed by atoms with Gasteiger partial charge in [0.25, 0.3) is 0 Å². The Kier molecular flexibility index (Phi) is 5.46. The van der Waals surface area contributed by atoms with Gasteiger partial charge >= 0.3 is 0 Å². The summed E-state index contributed by atoms with van der Waals surface area (Å²) in [5.41, 5.74) is 1.93. The van der Waals surface area contributed by atoms with Crippen LogP contribution in [-0.2, 0) is 11.2 Å². The van der Waals surface area contributed by atoms with Crippen molar-refractivity contribution in [2.45, 2.75) is 38.1 Å². The van der Waals surface area contributed by atoms with Crippen LogP contribution in [0.1, 0.15) is 43.2 Å². The maximum Gasteiger partial charge on any atom is 0.249 e. The molecule has 0 unspecified atom stereocenters. The SMILES string of the molecule is O=C(CCCc1ccccc1)N1CCC[C@@H]1c1nc(-c2ccc(F)cc2)no1. The maximum atomic E-state index is 13.1. The second kappa shape index (κ2) is 8.33. The molecule has 2 aromatic carbocycles. The first-order chi connectivity index (χ1) is 13.7. The van der Waals surface area contributed by atoms with Crippen molar-refractivity contribution in [2.24, 2.45) is 0 Å². The van der Waals surface area contributed by atoms with Crippen LogP contribution in [0.2, 0.25) is 0 Å². The van der Waals surface area contributed by atoms with E-state index in [4.69, 9.17) is 4.52 Å². The van der Waals surface area contributed by atoms with Crippen molar-refractivity contribution >= 4 is 5.91 Å². The summed E-state index contributed by atoms with van der Waals surface area (Å²) in [7, 11) is 0. The van der Waals surface area contributed by atoms with Gasteiger partial charge in [-0.1, -0.05) is 35.5 Å². The van der Waals surface area contributed by atoms with Gasteiger partial charge in [0, 0.05) is 18.5 Å². The second-order valence-corrected chi connectivity index (χ2v) is 7.05. The van der Waals surface area contributed by atoms with Gasteiger partial charge in [0.2, 0.25) is 17.6 Å². The molecule has 28 heavy (non-hydrogen) atoms. The van der Waals surface area contributed by atoms with Gasteiger partial charge in [0.05, 0.1) is 0 Å². The summed E-state index contributed by atoms with van der Waals surface area (Å²) in [6.45, 7) is 0.711. The highest BCUT2D eigenvalue weighted by atomic mass is 19.1. The molecule has 0 spiro atoms. The summed E-state index contributed by atoms with van der Waals surface area (Å²) in [5.74, 6) is 0.683. The van der Waals surface area contributed by atoms with E-state index < -0.39 is 0 Å². The van der Waals surface area contributed by atoms with Crippen LogP contribution in [-0.4, -0.2) is 27.5 Å². The number of benzene rings is 2. The third kappa shape index (κ3) is 4.11. The van der Waals surface area contributed by atoms with Crippen LogP contribution in [0, 0.1) is 5.82 Å². The van der Waals surface area contributed by atoms with E-state index in [1.807, 2.05) is 23.1 Å². The third-order valence-electron chi connectivity index (χ3n) is 5.10. The van der Waals surface area contributed by atoms with Crippen molar-refractivity contribution in [3.8, 4) is 11.4 Å². The van der Waals surface area contributed by atoms with Crippen LogP contribution < -0.4 is 0 Å². The monoisotopic (exact) mass is 379 g/mol. The summed E-state index contributed by atoms with van der Waals surface area (Å²) in [4.78, 5) is 19.0. The van der Waals surface area contributed by atoms with Crippen LogP contribution >= 0.6 is 0 Å². The topological polar surface area (TPSA) is 59.2 Å². The molecule has 0 radical (unpaired) electrons. The molecule has 1 aromatic heterocycles. The minimum Gasteiger partial charge on any atom is -0.337 e. The van der Waals surface area contributed by atoms with Crippen molar-refractivity contribution in [1.29, 1.82) is 0 Å². The van der Waals surface area contributed by atoms with Gasteiger partial charge in [-0.25, -0.2) is 4.39 Å². The Bertz CT molecular complexity index is 924. The van der Waals surface area contributed by atoms with Crippen molar-refractivity contribution in [2.75, 3.05) is 6.54 Å². The van der Waals surface area contributed by atoms with Gasteiger partial charge in [0.1, 0.15) is 11.9 Å². The number of amides is 1. The molecule has 1 saturated heterocycles. The van der Waals surface area contributed by atoms with Crippen LogP contribution in [0.4, 0.5) is 4.39 Å². The molecule has 0 saturated carbocycles. The summed E-state index contributed by atoms with van der Waals surface area (Å²) < 4.78 is 18.5. The molecule has 1 aliphatic heterocycles. The number of aromatic nitrogens is 2. The molecular formula is C22H22FN3O2. The van der Waals surface area contributed by atoms with Crippen molar-refractivity contribution in [3.63, 3.8) is 0 Å². The highest BCUT2D eigenvalue weighted by molar-refractivity contribution is 5.77. The van der Waals surface area contributed by atoms with E-state index in [9.17, 15) is 9.18 Å². The fourth-order valence-electron chi connectivity index (χ4n) is 3.64. The van der Waals surface area contributed by atoms with E-state index in [0.29, 0.717) is 30.2 Å². The number of hydrogen-bond acceptors (Lipinski definition) is 4. The quantitative estimate of drug-likeness (QED) is 0.630. The van der Waals surface area contributed by atoms with Crippen LogP contribution in [0.15, 0.2) is 59.1 Å². The molecule has 1 atom stereocenters. The number of nitrogens with zero attached hydrogens (tertiary/aromatic N) is 3. The standard InChI is InChI=1S/C22H22FN3O2/c23-18-13-11-17(12-14-18)21-24-22(28-25-21)19-9-5-15-26(19)20(27)10-4-8-16-6-2-1-3-7-16/h1-3,6-7,11-14,19H,4-5,8-10,15H2/t19-/m1/s1. The third-order valence-corrected chi connectivity index (χ3v) is 5.10. The zero-order valence-electron chi connectivity index (χ0n) is 15.6. The first-order valence-corrected chi connectivity index (χ1v) is 9.63. The predicted molar refractivity (Wildman–Crippen MR) is 103 cm³/mol. The number of hydrogen-bond donors (Lipinski definition) is 0. The lowest BCUT2D eigenvalue weighted by Gasteiger charge is -2.21. The van der Waals surface area contributed by atoms with Gasteiger partial charge in [-0.15, -0.1) is 0 Å². The summed E-state index contributed by atoms with van der Waals surface area (Å²) in [6.07, 6.45) is 3.94. The predicted octanol–water partition coefficient (Wildman–Crippen LogP) is 4.56. The number of halogens is 1. The lowest BCUT2D eigenvalue weighted by molar-refractivity contribution is -0.132. The second-order valence-electron chi connectivity index (χ2n) is 7.05. The molecule has 1 aliphatic rings. The van der Waals surface area contributed by atoms with E-state index in [1.54, 1.807) is 12.1 Å². The molecule has 0 aliphatic carbocycles.